The summed E-state index contributed by atoms with van der Waals surface area (Å²) in [4.78, 5) is 20.7. The smallest absolute Gasteiger partial charge is 0.253 e. The molecule has 110 valence electrons. The molecule has 0 aliphatic heterocycles. The molecule has 0 fully saturated rings. The molecule has 22 heavy (non-hydrogen) atoms. The van der Waals surface area contributed by atoms with E-state index in [-0.39, 0.29) is 11.7 Å². The summed E-state index contributed by atoms with van der Waals surface area (Å²) in [5.41, 5.74) is 2.75. The largest absolute Gasteiger partial charge is 0.352 e. The molecule has 1 N–H and O–H groups in total. The van der Waals surface area contributed by atoms with Crippen molar-refractivity contribution < 1.29 is 9.18 Å². The fourth-order valence-corrected chi connectivity index (χ4v) is 2.24. The van der Waals surface area contributed by atoms with Crippen molar-refractivity contribution in [2.75, 3.05) is 6.54 Å². The first kappa shape index (κ1) is 14.1. The van der Waals surface area contributed by atoms with Crippen molar-refractivity contribution in [2.45, 2.75) is 6.42 Å². The molecule has 0 saturated heterocycles. The van der Waals surface area contributed by atoms with Crippen molar-refractivity contribution in [3.05, 3.63) is 71.8 Å². The number of fused-ring (bicyclic) bond motifs is 1. The number of amides is 1. The van der Waals surface area contributed by atoms with E-state index >= 15 is 0 Å². The summed E-state index contributed by atoms with van der Waals surface area (Å²) in [6.07, 6.45) is 3.80. The number of rotatable bonds is 4. The predicted octanol–water partition coefficient (Wildman–Crippen LogP) is 2.74. The highest BCUT2D eigenvalue weighted by molar-refractivity contribution is 6.04. The van der Waals surface area contributed by atoms with E-state index < -0.39 is 0 Å². The third-order valence-corrected chi connectivity index (χ3v) is 3.36. The van der Waals surface area contributed by atoms with Crippen molar-refractivity contribution in [3.8, 4) is 0 Å². The monoisotopic (exact) mass is 295 g/mol. The summed E-state index contributed by atoms with van der Waals surface area (Å²) in [6, 6.07) is 11.6. The molecule has 0 atom stereocenters. The number of nitrogens with one attached hydrogen (secondary N) is 1. The summed E-state index contributed by atoms with van der Waals surface area (Å²) >= 11 is 0. The summed E-state index contributed by atoms with van der Waals surface area (Å²) in [6.45, 7) is 0.473. The third kappa shape index (κ3) is 3.09. The maximum atomic E-state index is 12.8. The van der Waals surface area contributed by atoms with Crippen LogP contribution in [0.1, 0.15) is 15.9 Å². The van der Waals surface area contributed by atoms with Gasteiger partial charge in [0.15, 0.2) is 0 Å². The van der Waals surface area contributed by atoms with Gasteiger partial charge in [0.05, 0.1) is 11.1 Å². The number of nitrogens with zero attached hydrogens (tertiary/aromatic N) is 2. The second-order valence-corrected chi connectivity index (χ2v) is 4.86. The van der Waals surface area contributed by atoms with E-state index in [1.807, 2.05) is 6.07 Å². The van der Waals surface area contributed by atoms with Gasteiger partial charge in [0.1, 0.15) is 11.3 Å². The maximum absolute atomic E-state index is 12.8. The first-order valence-corrected chi connectivity index (χ1v) is 6.96. The molecule has 2 aromatic carbocycles. The Bertz CT molecular complexity index is 797. The lowest BCUT2D eigenvalue weighted by Gasteiger charge is -2.07. The molecule has 0 saturated carbocycles. The van der Waals surface area contributed by atoms with E-state index in [1.165, 1.54) is 12.1 Å². The third-order valence-electron chi connectivity index (χ3n) is 3.36. The number of carbonyl (C=O) groups is 1. The molecule has 3 aromatic rings. The van der Waals surface area contributed by atoms with Crippen LogP contribution in [0, 0.1) is 5.82 Å². The standard InChI is InChI=1S/C17H14FN3O/c18-13-6-4-12(5-7-13)8-9-21-17(22)14-2-1-3-15-16(14)20-11-10-19-15/h1-7,10-11H,8-9H2,(H,21,22). The molecular weight excluding hydrogens is 281 g/mol. The molecule has 1 aromatic heterocycles. The van der Waals surface area contributed by atoms with Gasteiger partial charge in [-0.2, -0.15) is 0 Å². The maximum Gasteiger partial charge on any atom is 0.253 e. The van der Waals surface area contributed by atoms with Crippen LogP contribution in [0.25, 0.3) is 11.0 Å². The lowest BCUT2D eigenvalue weighted by atomic mass is 10.1. The number of benzene rings is 2. The van der Waals surface area contributed by atoms with Crippen LogP contribution in [0.4, 0.5) is 4.39 Å². The molecular formula is C17H14FN3O. The van der Waals surface area contributed by atoms with Crippen LogP contribution in [0.5, 0.6) is 0 Å². The molecule has 1 amide bonds. The van der Waals surface area contributed by atoms with Gasteiger partial charge in [0.25, 0.3) is 5.91 Å². The summed E-state index contributed by atoms with van der Waals surface area (Å²) < 4.78 is 12.8. The summed E-state index contributed by atoms with van der Waals surface area (Å²) in [5.74, 6) is -0.449. The second kappa shape index (κ2) is 6.30. The Morgan fingerprint density at radius 2 is 1.82 bits per heavy atom. The average molecular weight is 295 g/mol. The van der Waals surface area contributed by atoms with Gasteiger partial charge >= 0.3 is 0 Å². The van der Waals surface area contributed by atoms with Crippen LogP contribution in [-0.2, 0) is 6.42 Å². The molecule has 5 heteroatoms. The Hall–Kier alpha value is -2.82. The van der Waals surface area contributed by atoms with Crippen molar-refractivity contribution in [2.24, 2.45) is 0 Å². The number of hydrogen-bond acceptors (Lipinski definition) is 3. The fourth-order valence-electron chi connectivity index (χ4n) is 2.24. The van der Waals surface area contributed by atoms with E-state index in [2.05, 4.69) is 15.3 Å². The van der Waals surface area contributed by atoms with Gasteiger partial charge in [-0.15, -0.1) is 0 Å². The molecule has 0 aliphatic carbocycles. The Kier molecular flexibility index (Phi) is 4.05. The van der Waals surface area contributed by atoms with E-state index in [0.29, 0.717) is 29.6 Å². The number of para-hydroxylation sites is 1. The van der Waals surface area contributed by atoms with Crippen LogP contribution >= 0.6 is 0 Å². The normalized spacial score (nSPS) is 10.6. The van der Waals surface area contributed by atoms with Crippen LogP contribution in [0.3, 0.4) is 0 Å². The Morgan fingerprint density at radius 1 is 1.05 bits per heavy atom. The zero-order valence-electron chi connectivity index (χ0n) is 11.8. The summed E-state index contributed by atoms with van der Waals surface area (Å²) in [7, 11) is 0. The van der Waals surface area contributed by atoms with Gasteiger partial charge in [-0.1, -0.05) is 18.2 Å². The van der Waals surface area contributed by atoms with Crippen molar-refractivity contribution in [3.63, 3.8) is 0 Å². The number of aromatic nitrogens is 2. The van der Waals surface area contributed by atoms with Crippen molar-refractivity contribution in [1.82, 2.24) is 15.3 Å². The SMILES string of the molecule is O=C(NCCc1ccc(F)cc1)c1cccc2nccnc12. The van der Waals surface area contributed by atoms with Crippen molar-refractivity contribution in [1.29, 1.82) is 0 Å². The zero-order chi connectivity index (χ0) is 15.4. The molecule has 3 rings (SSSR count). The minimum Gasteiger partial charge on any atom is -0.352 e. The number of halogens is 1. The van der Waals surface area contributed by atoms with Gasteiger partial charge in [-0.25, -0.2) is 4.39 Å². The minimum atomic E-state index is -0.262. The first-order valence-electron chi connectivity index (χ1n) is 6.96. The highest BCUT2D eigenvalue weighted by Gasteiger charge is 2.10. The Labute approximate surface area is 127 Å². The second-order valence-electron chi connectivity index (χ2n) is 4.86. The minimum absolute atomic E-state index is 0.187. The Balaban J connectivity index is 1.67. The molecule has 0 unspecified atom stereocenters. The zero-order valence-corrected chi connectivity index (χ0v) is 11.8. The predicted molar refractivity (Wildman–Crippen MR) is 82.0 cm³/mol. The topological polar surface area (TPSA) is 54.9 Å². The van der Waals surface area contributed by atoms with Crippen molar-refractivity contribution >= 4 is 16.9 Å². The molecule has 0 bridgehead atoms. The molecule has 0 radical (unpaired) electrons. The highest BCUT2D eigenvalue weighted by atomic mass is 19.1. The van der Waals surface area contributed by atoms with E-state index in [4.69, 9.17) is 0 Å². The van der Waals surface area contributed by atoms with Crippen LogP contribution in [0.15, 0.2) is 54.9 Å². The van der Waals surface area contributed by atoms with Gasteiger partial charge in [0, 0.05) is 18.9 Å². The van der Waals surface area contributed by atoms with E-state index in [9.17, 15) is 9.18 Å². The van der Waals surface area contributed by atoms with Gasteiger partial charge in [-0.3, -0.25) is 14.8 Å². The van der Waals surface area contributed by atoms with Gasteiger partial charge < -0.3 is 5.32 Å². The molecule has 4 nitrogen and oxygen atoms in total. The number of carbonyl (C=O) groups excluding carboxylic acids is 1. The van der Waals surface area contributed by atoms with Crippen LogP contribution < -0.4 is 5.32 Å². The number of hydrogen-bond donors (Lipinski definition) is 1. The lowest BCUT2D eigenvalue weighted by molar-refractivity contribution is 0.0955. The highest BCUT2D eigenvalue weighted by Crippen LogP contribution is 2.13. The summed E-state index contributed by atoms with van der Waals surface area (Å²) in [5, 5.41) is 2.85. The first-order chi connectivity index (χ1) is 10.7. The average Bonchev–Trinajstić information content (AvgIpc) is 2.56. The van der Waals surface area contributed by atoms with E-state index in [0.717, 1.165) is 5.56 Å². The van der Waals surface area contributed by atoms with E-state index in [1.54, 1.807) is 36.7 Å². The fraction of sp³-hybridized carbons (Fsp3) is 0.118. The van der Waals surface area contributed by atoms with Gasteiger partial charge in [0.2, 0.25) is 0 Å². The van der Waals surface area contributed by atoms with Crippen LogP contribution in [0.2, 0.25) is 0 Å². The quantitative estimate of drug-likeness (QED) is 0.805. The molecule has 0 spiro atoms. The Morgan fingerprint density at radius 3 is 2.64 bits per heavy atom. The molecule has 0 aliphatic rings. The lowest BCUT2D eigenvalue weighted by Crippen LogP contribution is -2.26. The van der Waals surface area contributed by atoms with Gasteiger partial charge in [-0.05, 0) is 36.2 Å². The molecule has 1 heterocycles. The van der Waals surface area contributed by atoms with Crippen LogP contribution in [-0.4, -0.2) is 22.4 Å².